The Labute approximate surface area is 159 Å². The van der Waals surface area contributed by atoms with E-state index in [4.69, 9.17) is 9.47 Å². The van der Waals surface area contributed by atoms with Gasteiger partial charge in [0.1, 0.15) is 0 Å². The number of benzene rings is 1. The van der Waals surface area contributed by atoms with Crippen LogP contribution in [0.1, 0.15) is 12.6 Å². The summed E-state index contributed by atoms with van der Waals surface area (Å²) in [6, 6.07) is 7.63. The van der Waals surface area contributed by atoms with Gasteiger partial charge in [-0.25, -0.2) is 0 Å². The molecule has 0 fully saturated rings. The predicted molar refractivity (Wildman–Crippen MR) is 107 cm³/mol. The predicted octanol–water partition coefficient (Wildman–Crippen LogP) is 2.63. The topological polar surface area (TPSA) is 72.7 Å². The summed E-state index contributed by atoms with van der Waals surface area (Å²) < 4.78 is 12.7. The second-order valence-corrected chi connectivity index (χ2v) is 4.80. The molecule has 1 heterocycles. The van der Waals surface area contributed by atoms with E-state index in [1.165, 1.54) is 0 Å². The minimum absolute atomic E-state index is 0. The molecule has 0 saturated carbocycles. The lowest BCUT2D eigenvalue weighted by Gasteiger charge is -2.14. The lowest BCUT2D eigenvalue weighted by molar-refractivity contribution is 0.311. The SMILES string of the molecule is CCOc1cc(NC(=NC)NCc2ccnn2C)ccc1OC.I. The van der Waals surface area contributed by atoms with Crippen LogP contribution in [0, 0.1) is 0 Å². The number of aliphatic imine (C=N–C) groups is 1. The minimum Gasteiger partial charge on any atom is -0.493 e. The highest BCUT2D eigenvalue weighted by Crippen LogP contribution is 2.30. The van der Waals surface area contributed by atoms with Crippen LogP contribution in [0.5, 0.6) is 11.5 Å². The average Bonchev–Trinajstić information content (AvgIpc) is 2.97. The van der Waals surface area contributed by atoms with Crippen molar-refractivity contribution >= 4 is 35.6 Å². The molecule has 132 valence electrons. The number of rotatable bonds is 6. The molecule has 0 aliphatic rings. The van der Waals surface area contributed by atoms with E-state index < -0.39 is 0 Å². The summed E-state index contributed by atoms with van der Waals surface area (Å²) in [4.78, 5) is 4.22. The molecular weight excluding hydrogens is 421 g/mol. The summed E-state index contributed by atoms with van der Waals surface area (Å²) in [6.45, 7) is 3.14. The molecule has 0 unspecified atom stereocenters. The fourth-order valence-electron chi connectivity index (χ4n) is 2.09. The van der Waals surface area contributed by atoms with Gasteiger partial charge in [0.15, 0.2) is 17.5 Å². The summed E-state index contributed by atoms with van der Waals surface area (Å²) in [5, 5.41) is 10.6. The van der Waals surface area contributed by atoms with Crippen molar-refractivity contribution in [3.05, 3.63) is 36.2 Å². The number of aromatic nitrogens is 2. The molecule has 7 nitrogen and oxygen atoms in total. The molecule has 0 saturated heterocycles. The Hall–Kier alpha value is -1.97. The number of hydrogen-bond donors (Lipinski definition) is 2. The summed E-state index contributed by atoms with van der Waals surface area (Å²) in [6.07, 6.45) is 1.77. The van der Waals surface area contributed by atoms with E-state index in [0.717, 1.165) is 11.4 Å². The van der Waals surface area contributed by atoms with E-state index in [1.54, 1.807) is 20.4 Å². The Balaban J connectivity index is 0.00000288. The second kappa shape index (κ2) is 10.0. The van der Waals surface area contributed by atoms with Gasteiger partial charge in [-0.1, -0.05) is 0 Å². The number of halogens is 1. The number of nitrogens with one attached hydrogen (secondary N) is 2. The maximum atomic E-state index is 5.58. The van der Waals surface area contributed by atoms with Gasteiger partial charge in [-0.05, 0) is 25.1 Å². The van der Waals surface area contributed by atoms with Crippen LogP contribution in [0.4, 0.5) is 5.69 Å². The Kier molecular flexibility index (Phi) is 8.37. The summed E-state index contributed by atoms with van der Waals surface area (Å²) in [5.74, 6) is 2.07. The monoisotopic (exact) mass is 445 g/mol. The zero-order valence-electron chi connectivity index (χ0n) is 14.4. The molecule has 1 aromatic heterocycles. The molecule has 0 spiro atoms. The first-order valence-electron chi connectivity index (χ1n) is 7.43. The fourth-order valence-corrected chi connectivity index (χ4v) is 2.09. The van der Waals surface area contributed by atoms with E-state index in [-0.39, 0.29) is 24.0 Å². The molecule has 2 rings (SSSR count). The van der Waals surface area contributed by atoms with E-state index in [9.17, 15) is 0 Å². The van der Waals surface area contributed by atoms with Crippen molar-refractivity contribution in [3.8, 4) is 11.5 Å². The van der Waals surface area contributed by atoms with Crippen LogP contribution < -0.4 is 20.1 Å². The summed E-state index contributed by atoms with van der Waals surface area (Å²) >= 11 is 0. The number of guanidine groups is 1. The van der Waals surface area contributed by atoms with Crippen molar-refractivity contribution in [1.82, 2.24) is 15.1 Å². The second-order valence-electron chi connectivity index (χ2n) is 4.80. The number of hydrogen-bond acceptors (Lipinski definition) is 4. The first-order chi connectivity index (χ1) is 11.2. The molecule has 0 aliphatic heterocycles. The standard InChI is InChI=1S/C16H23N5O2.HI/c1-5-23-15-10-12(6-7-14(15)22-4)20-16(17-2)18-11-13-8-9-19-21(13)3;/h6-10H,5,11H2,1-4H3,(H2,17,18,20);1H. The maximum Gasteiger partial charge on any atom is 0.195 e. The first kappa shape index (κ1) is 20.1. The van der Waals surface area contributed by atoms with Gasteiger partial charge in [0.25, 0.3) is 0 Å². The smallest absolute Gasteiger partial charge is 0.195 e. The van der Waals surface area contributed by atoms with Crippen molar-refractivity contribution in [2.75, 3.05) is 26.1 Å². The van der Waals surface area contributed by atoms with E-state index >= 15 is 0 Å². The molecule has 24 heavy (non-hydrogen) atoms. The third-order valence-electron chi connectivity index (χ3n) is 3.31. The highest BCUT2D eigenvalue weighted by molar-refractivity contribution is 14.0. The van der Waals surface area contributed by atoms with E-state index in [2.05, 4.69) is 20.7 Å². The molecular formula is C16H24IN5O2. The van der Waals surface area contributed by atoms with Crippen molar-refractivity contribution in [2.24, 2.45) is 12.0 Å². The van der Waals surface area contributed by atoms with Gasteiger partial charge in [-0.2, -0.15) is 5.10 Å². The average molecular weight is 445 g/mol. The van der Waals surface area contributed by atoms with Crippen molar-refractivity contribution < 1.29 is 9.47 Å². The van der Waals surface area contributed by atoms with Crippen LogP contribution in [0.3, 0.4) is 0 Å². The molecule has 0 radical (unpaired) electrons. The van der Waals surface area contributed by atoms with Crippen LogP contribution in [0.15, 0.2) is 35.5 Å². The number of ether oxygens (including phenoxy) is 2. The van der Waals surface area contributed by atoms with Crippen LogP contribution >= 0.6 is 24.0 Å². The maximum absolute atomic E-state index is 5.58. The molecule has 8 heteroatoms. The number of anilines is 1. The highest BCUT2D eigenvalue weighted by atomic mass is 127. The zero-order chi connectivity index (χ0) is 16.7. The van der Waals surface area contributed by atoms with Gasteiger partial charge < -0.3 is 20.1 Å². The van der Waals surface area contributed by atoms with Gasteiger partial charge >= 0.3 is 0 Å². The highest BCUT2D eigenvalue weighted by Gasteiger charge is 2.07. The molecule has 0 amide bonds. The van der Waals surface area contributed by atoms with Crippen LogP contribution in [-0.4, -0.2) is 36.5 Å². The third-order valence-corrected chi connectivity index (χ3v) is 3.31. The molecule has 0 aliphatic carbocycles. The number of nitrogens with zero attached hydrogens (tertiary/aromatic N) is 3. The Morgan fingerprint density at radius 3 is 2.67 bits per heavy atom. The Bertz CT molecular complexity index is 672. The molecule has 2 aromatic rings. The number of methoxy groups -OCH3 is 1. The van der Waals surface area contributed by atoms with Gasteiger partial charge in [-0.3, -0.25) is 9.67 Å². The molecule has 0 bridgehead atoms. The van der Waals surface area contributed by atoms with E-state index in [1.807, 2.05) is 42.9 Å². The number of aryl methyl sites for hydroxylation is 1. The van der Waals surface area contributed by atoms with Crippen molar-refractivity contribution in [2.45, 2.75) is 13.5 Å². The van der Waals surface area contributed by atoms with Crippen LogP contribution in [-0.2, 0) is 13.6 Å². The van der Waals surface area contributed by atoms with Gasteiger partial charge in [0.2, 0.25) is 0 Å². The zero-order valence-corrected chi connectivity index (χ0v) is 16.7. The largest absolute Gasteiger partial charge is 0.493 e. The summed E-state index contributed by atoms with van der Waals surface area (Å²) in [5.41, 5.74) is 1.94. The molecule has 0 atom stereocenters. The van der Waals surface area contributed by atoms with Gasteiger partial charge in [0.05, 0.1) is 26.0 Å². The van der Waals surface area contributed by atoms with Crippen LogP contribution in [0.25, 0.3) is 0 Å². The molecule has 2 N–H and O–H groups in total. The quantitative estimate of drug-likeness (QED) is 0.407. The summed E-state index contributed by atoms with van der Waals surface area (Å²) in [7, 11) is 5.26. The Morgan fingerprint density at radius 1 is 1.29 bits per heavy atom. The first-order valence-corrected chi connectivity index (χ1v) is 7.43. The normalized spacial score (nSPS) is 10.8. The lowest BCUT2D eigenvalue weighted by Crippen LogP contribution is -2.30. The third kappa shape index (κ3) is 5.29. The minimum atomic E-state index is 0. The Morgan fingerprint density at radius 2 is 2.08 bits per heavy atom. The van der Waals surface area contributed by atoms with E-state index in [0.29, 0.717) is 30.6 Å². The van der Waals surface area contributed by atoms with Crippen molar-refractivity contribution in [1.29, 1.82) is 0 Å². The fraction of sp³-hybridized carbons (Fsp3) is 0.375. The van der Waals surface area contributed by atoms with Gasteiger partial charge in [0, 0.05) is 32.0 Å². The van der Waals surface area contributed by atoms with Crippen molar-refractivity contribution in [3.63, 3.8) is 0 Å². The van der Waals surface area contributed by atoms with Gasteiger partial charge in [-0.15, -0.1) is 24.0 Å². The molecule has 1 aromatic carbocycles. The van der Waals surface area contributed by atoms with Crippen LogP contribution in [0.2, 0.25) is 0 Å². The lowest BCUT2D eigenvalue weighted by atomic mass is 10.2.